The standard InChI is InChI=1S/C20H15N3O5/c1-13-6-7-15(10-17(13)23(25)26)22-20(24)19-9-8-16(28-19)12-27-18-5-3-2-4-14(18)11-21/h2-10H,12H2,1H3,(H,22,24). The van der Waals surface area contributed by atoms with Crippen LogP contribution in [0.2, 0.25) is 0 Å². The number of nitro benzene ring substituents is 1. The third-order valence-electron chi connectivity index (χ3n) is 3.93. The number of rotatable bonds is 6. The maximum Gasteiger partial charge on any atom is 0.291 e. The monoisotopic (exact) mass is 377 g/mol. The van der Waals surface area contributed by atoms with Gasteiger partial charge in [0.2, 0.25) is 0 Å². The van der Waals surface area contributed by atoms with E-state index in [-0.39, 0.29) is 18.1 Å². The summed E-state index contributed by atoms with van der Waals surface area (Å²) in [5.74, 6) is 0.310. The number of anilines is 1. The van der Waals surface area contributed by atoms with E-state index < -0.39 is 10.8 Å². The lowest BCUT2D eigenvalue weighted by Crippen LogP contribution is -2.11. The molecule has 140 valence electrons. The number of hydrogen-bond donors (Lipinski definition) is 1. The molecule has 8 heteroatoms. The molecule has 0 saturated carbocycles. The molecule has 2 aromatic carbocycles. The second-order valence-electron chi connectivity index (χ2n) is 5.88. The van der Waals surface area contributed by atoms with Crippen LogP contribution in [0.15, 0.2) is 59.0 Å². The van der Waals surface area contributed by atoms with Gasteiger partial charge in [0.15, 0.2) is 5.76 Å². The van der Waals surface area contributed by atoms with Crippen LogP contribution in [0, 0.1) is 28.4 Å². The Hall–Kier alpha value is -4.12. The zero-order chi connectivity index (χ0) is 20.1. The van der Waals surface area contributed by atoms with E-state index in [4.69, 9.17) is 14.4 Å². The Morgan fingerprint density at radius 2 is 2.04 bits per heavy atom. The number of amides is 1. The van der Waals surface area contributed by atoms with E-state index in [0.29, 0.717) is 28.3 Å². The van der Waals surface area contributed by atoms with Gasteiger partial charge >= 0.3 is 0 Å². The Morgan fingerprint density at radius 3 is 2.79 bits per heavy atom. The van der Waals surface area contributed by atoms with Gasteiger partial charge < -0.3 is 14.5 Å². The van der Waals surface area contributed by atoms with E-state index in [1.54, 1.807) is 49.4 Å². The number of para-hydroxylation sites is 1. The molecule has 8 nitrogen and oxygen atoms in total. The molecule has 0 saturated heterocycles. The average molecular weight is 377 g/mol. The van der Waals surface area contributed by atoms with Crippen molar-refractivity contribution < 1.29 is 18.9 Å². The van der Waals surface area contributed by atoms with Crippen molar-refractivity contribution in [1.82, 2.24) is 0 Å². The number of nitro groups is 1. The molecule has 0 aliphatic heterocycles. The van der Waals surface area contributed by atoms with Crippen LogP contribution in [0.1, 0.15) is 27.4 Å². The Balaban J connectivity index is 1.67. The van der Waals surface area contributed by atoms with E-state index in [0.717, 1.165) is 0 Å². The number of carbonyl (C=O) groups is 1. The van der Waals surface area contributed by atoms with Crippen LogP contribution in [0.4, 0.5) is 11.4 Å². The van der Waals surface area contributed by atoms with E-state index in [1.807, 2.05) is 6.07 Å². The molecule has 1 amide bonds. The Bertz CT molecular complexity index is 1080. The highest BCUT2D eigenvalue weighted by Gasteiger charge is 2.16. The molecule has 28 heavy (non-hydrogen) atoms. The minimum Gasteiger partial charge on any atom is -0.484 e. The van der Waals surface area contributed by atoms with E-state index >= 15 is 0 Å². The molecule has 0 unspecified atom stereocenters. The topological polar surface area (TPSA) is 118 Å². The molecule has 3 aromatic rings. The lowest BCUT2D eigenvalue weighted by Gasteiger charge is -2.06. The number of hydrogen-bond acceptors (Lipinski definition) is 6. The summed E-state index contributed by atoms with van der Waals surface area (Å²) in [4.78, 5) is 22.8. The number of nitrogens with one attached hydrogen (secondary N) is 1. The third kappa shape index (κ3) is 4.16. The van der Waals surface area contributed by atoms with Crippen molar-refractivity contribution in [3.05, 3.63) is 87.4 Å². The maximum atomic E-state index is 12.3. The first-order chi connectivity index (χ1) is 13.5. The van der Waals surface area contributed by atoms with Gasteiger partial charge in [0.1, 0.15) is 24.2 Å². The molecule has 0 radical (unpaired) electrons. The van der Waals surface area contributed by atoms with Gasteiger partial charge in [0, 0.05) is 17.3 Å². The lowest BCUT2D eigenvalue weighted by atomic mass is 10.2. The number of benzene rings is 2. The van der Waals surface area contributed by atoms with Crippen LogP contribution in [0.25, 0.3) is 0 Å². The summed E-state index contributed by atoms with van der Waals surface area (Å²) in [6.45, 7) is 1.66. The van der Waals surface area contributed by atoms with E-state index in [1.165, 1.54) is 12.1 Å². The molecule has 1 aromatic heterocycles. The van der Waals surface area contributed by atoms with Crippen LogP contribution >= 0.6 is 0 Å². The summed E-state index contributed by atoms with van der Waals surface area (Å²) >= 11 is 0. The summed E-state index contributed by atoms with van der Waals surface area (Å²) < 4.78 is 11.0. The Labute approximate surface area is 160 Å². The maximum absolute atomic E-state index is 12.3. The van der Waals surface area contributed by atoms with Crippen LogP contribution in [0.3, 0.4) is 0 Å². The number of ether oxygens (including phenoxy) is 1. The summed E-state index contributed by atoms with van der Waals surface area (Å²) in [5, 5.41) is 22.6. The molecule has 0 fully saturated rings. The minimum absolute atomic E-state index is 0.0374. The van der Waals surface area contributed by atoms with Crippen LogP contribution in [0.5, 0.6) is 5.75 Å². The first kappa shape index (κ1) is 18.7. The van der Waals surface area contributed by atoms with Crippen LogP contribution in [-0.4, -0.2) is 10.8 Å². The average Bonchev–Trinajstić information content (AvgIpc) is 3.17. The summed E-state index contributed by atoms with van der Waals surface area (Å²) in [7, 11) is 0. The van der Waals surface area contributed by atoms with Gasteiger partial charge in [0.25, 0.3) is 11.6 Å². The largest absolute Gasteiger partial charge is 0.484 e. The zero-order valence-corrected chi connectivity index (χ0v) is 14.8. The Morgan fingerprint density at radius 1 is 1.25 bits per heavy atom. The lowest BCUT2D eigenvalue weighted by molar-refractivity contribution is -0.385. The molecule has 0 bridgehead atoms. The highest BCUT2D eigenvalue weighted by atomic mass is 16.6. The van der Waals surface area contributed by atoms with Gasteiger partial charge in [-0.1, -0.05) is 18.2 Å². The molecule has 3 rings (SSSR count). The van der Waals surface area contributed by atoms with Crippen LogP contribution < -0.4 is 10.1 Å². The van der Waals surface area contributed by atoms with Crippen molar-refractivity contribution in [2.75, 3.05) is 5.32 Å². The molecule has 1 N–H and O–H groups in total. The molecule has 1 heterocycles. The predicted molar refractivity (Wildman–Crippen MR) is 100.0 cm³/mol. The van der Waals surface area contributed by atoms with Crippen LogP contribution in [-0.2, 0) is 6.61 Å². The van der Waals surface area contributed by atoms with E-state index in [2.05, 4.69) is 5.32 Å². The number of nitriles is 1. The number of carbonyl (C=O) groups excluding carboxylic acids is 1. The van der Waals surface area contributed by atoms with Gasteiger partial charge in [-0.25, -0.2) is 0 Å². The van der Waals surface area contributed by atoms with Crippen molar-refractivity contribution in [3.63, 3.8) is 0 Å². The zero-order valence-electron chi connectivity index (χ0n) is 14.8. The number of furan rings is 1. The van der Waals surface area contributed by atoms with Gasteiger partial charge in [-0.15, -0.1) is 0 Å². The van der Waals surface area contributed by atoms with Crippen molar-refractivity contribution >= 4 is 17.3 Å². The number of nitrogens with zero attached hydrogens (tertiary/aromatic N) is 2. The summed E-state index contributed by atoms with van der Waals surface area (Å²) in [5.41, 5.74) is 1.10. The first-order valence-corrected chi connectivity index (χ1v) is 8.25. The fourth-order valence-electron chi connectivity index (χ4n) is 2.49. The van der Waals surface area contributed by atoms with E-state index in [9.17, 15) is 14.9 Å². The predicted octanol–water partition coefficient (Wildman–Crippen LogP) is 4.20. The van der Waals surface area contributed by atoms with Crippen molar-refractivity contribution in [2.24, 2.45) is 0 Å². The van der Waals surface area contributed by atoms with Gasteiger partial charge in [0.05, 0.1) is 10.5 Å². The molecule has 0 aliphatic rings. The SMILES string of the molecule is Cc1ccc(NC(=O)c2ccc(COc3ccccc3C#N)o2)cc1[N+](=O)[O-]. The highest BCUT2D eigenvalue weighted by Crippen LogP contribution is 2.23. The highest BCUT2D eigenvalue weighted by molar-refractivity contribution is 6.02. The van der Waals surface area contributed by atoms with Crippen molar-refractivity contribution in [1.29, 1.82) is 5.26 Å². The van der Waals surface area contributed by atoms with Gasteiger partial charge in [-0.05, 0) is 37.3 Å². The molecule has 0 aliphatic carbocycles. The fourth-order valence-corrected chi connectivity index (χ4v) is 2.49. The quantitative estimate of drug-likeness (QED) is 0.508. The molecule has 0 atom stereocenters. The fraction of sp³-hybridized carbons (Fsp3) is 0.100. The van der Waals surface area contributed by atoms with Gasteiger partial charge in [-0.3, -0.25) is 14.9 Å². The first-order valence-electron chi connectivity index (χ1n) is 8.25. The molecular formula is C20H15N3O5. The third-order valence-corrected chi connectivity index (χ3v) is 3.93. The summed E-state index contributed by atoms with van der Waals surface area (Å²) in [6.07, 6.45) is 0. The second-order valence-corrected chi connectivity index (χ2v) is 5.88. The number of aryl methyl sites for hydroxylation is 1. The second kappa shape index (κ2) is 8.05. The van der Waals surface area contributed by atoms with Crippen molar-refractivity contribution in [3.8, 4) is 11.8 Å². The van der Waals surface area contributed by atoms with Crippen molar-refractivity contribution in [2.45, 2.75) is 13.5 Å². The molecule has 0 spiro atoms. The summed E-state index contributed by atoms with van der Waals surface area (Å²) in [6, 6.07) is 16.3. The van der Waals surface area contributed by atoms with Gasteiger partial charge in [-0.2, -0.15) is 5.26 Å². The normalized spacial score (nSPS) is 10.1. The minimum atomic E-state index is -0.540. The molecular weight excluding hydrogens is 362 g/mol. The smallest absolute Gasteiger partial charge is 0.291 e. The Kier molecular flexibility index (Phi) is 5.37.